The van der Waals surface area contributed by atoms with E-state index in [0.717, 1.165) is 48.1 Å². The summed E-state index contributed by atoms with van der Waals surface area (Å²) < 4.78 is 46.0. The Morgan fingerprint density at radius 2 is 1.68 bits per heavy atom. The average Bonchev–Trinajstić information content (AvgIpc) is 3.26. The van der Waals surface area contributed by atoms with Crippen LogP contribution in [0.3, 0.4) is 0 Å². The second-order valence-corrected chi connectivity index (χ2v) is 7.18. The van der Waals surface area contributed by atoms with Crippen LogP contribution >= 0.6 is 0 Å². The molecule has 4 nitrogen and oxygen atoms in total. The van der Waals surface area contributed by atoms with Gasteiger partial charge in [0.1, 0.15) is 18.1 Å². The van der Waals surface area contributed by atoms with E-state index >= 15 is 0 Å². The maximum atomic E-state index is 13.5. The maximum absolute atomic E-state index is 13.5. The molecule has 1 aliphatic rings. The molecule has 0 unspecified atom stereocenters. The Labute approximate surface area is 176 Å². The lowest BCUT2D eigenvalue weighted by Gasteiger charge is -2.14. The van der Waals surface area contributed by atoms with Crippen molar-refractivity contribution in [2.45, 2.75) is 25.9 Å². The summed E-state index contributed by atoms with van der Waals surface area (Å²) in [6, 6.07) is 13.9. The Hall–Kier alpha value is -3.61. The summed E-state index contributed by atoms with van der Waals surface area (Å²) >= 11 is 0. The number of nitrogens with zero attached hydrogens (tertiary/aromatic N) is 1. The van der Waals surface area contributed by atoms with Crippen LogP contribution in [0.1, 0.15) is 46.6 Å². The van der Waals surface area contributed by atoms with Crippen LogP contribution in [0.25, 0.3) is 11.1 Å². The molecule has 1 heterocycles. The van der Waals surface area contributed by atoms with E-state index in [0.29, 0.717) is 11.4 Å². The number of ether oxygens (including phenoxy) is 1. The zero-order chi connectivity index (χ0) is 22.0. The van der Waals surface area contributed by atoms with E-state index in [1.165, 1.54) is 6.07 Å². The first-order valence-corrected chi connectivity index (χ1v) is 9.72. The molecule has 0 radical (unpaired) electrons. The summed E-state index contributed by atoms with van der Waals surface area (Å²) in [5.41, 5.74) is 3.48. The standard InChI is InChI=1S/C24H18F3NO3/c25-18-11-14(12-19(26)23(18)27)13-31-22-10-2-1-5-17(22)15-6-3-7-16(15)20-8-4-9-21(28-20)24(29)30/h1-2,4-5,8-12H,3,6-7,13H2,(H,29,30). The third kappa shape index (κ3) is 4.30. The molecule has 31 heavy (non-hydrogen) atoms. The van der Waals surface area contributed by atoms with Crippen LogP contribution in [-0.4, -0.2) is 16.1 Å². The van der Waals surface area contributed by atoms with Crippen LogP contribution in [0.4, 0.5) is 13.2 Å². The van der Waals surface area contributed by atoms with Gasteiger partial charge in [-0.1, -0.05) is 24.3 Å². The van der Waals surface area contributed by atoms with E-state index < -0.39 is 23.4 Å². The van der Waals surface area contributed by atoms with E-state index in [1.807, 2.05) is 12.1 Å². The summed E-state index contributed by atoms with van der Waals surface area (Å²) in [5.74, 6) is -4.63. The molecule has 0 saturated heterocycles. The molecular weight excluding hydrogens is 407 g/mol. The lowest BCUT2D eigenvalue weighted by Crippen LogP contribution is -2.03. The van der Waals surface area contributed by atoms with Gasteiger partial charge in [-0.2, -0.15) is 0 Å². The third-order valence-electron chi connectivity index (χ3n) is 5.15. The van der Waals surface area contributed by atoms with Gasteiger partial charge in [-0.05, 0) is 66.3 Å². The molecule has 0 saturated carbocycles. The molecule has 0 spiro atoms. The highest BCUT2D eigenvalue weighted by atomic mass is 19.2. The number of rotatable bonds is 6. The molecule has 0 atom stereocenters. The van der Waals surface area contributed by atoms with Gasteiger partial charge in [0.05, 0.1) is 5.69 Å². The van der Waals surface area contributed by atoms with Gasteiger partial charge in [0.15, 0.2) is 17.5 Å². The van der Waals surface area contributed by atoms with Crippen molar-refractivity contribution in [1.29, 1.82) is 0 Å². The number of allylic oxidation sites excluding steroid dienone is 2. The van der Waals surface area contributed by atoms with Crippen molar-refractivity contribution in [3.63, 3.8) is 0 Å². The van der Waals surface area contributed by atoms with Crippen LogP contribution in [0.15, 0.2) is 54.6 Å². The van der Waals surface area contributed by atoms with E-state index in [1.54, 1.807) is 24.3 Å². The molecule has 0 fully saturated rings. The fourth-order valence-corrected chi connectivity index (χ4v) is 3.74. The molecular formula is C24H18F3NO3. The number of carboxylic acids is 1. The fraction of sp³-hybridized carbons (Fsp3) is 0.167. The minimum atomic E-state index is -1.51. The molecule has 1 aliphatic carbocycles. The summed E-state index contributed by atoms with van der Waals surface area (Å²) in [6.07, 6.45) is 2.38. The van der Waals surface area contributed by atoms with Crippen molar-refractivity contribution in [3.05, 3.63) is 94.6 Å². The number of halogens is 3. The van der Waals surface area contributed by atoms with E-state index in [9.17, 15) is 23.1 Å². The Bertz CT molecular complexity index is 1170. The van der Waals surface area contributed by atoms with Gasteiger partial charge in [0.2, 0.25) is 0 Å². The number of pyridine rings is 1. The van der Waals surface area contributed by atoms with Crippen molar-refractivity contribution in [3.8, 4) is 5.75 Å². The highest BCUT2D eigenvalue weighted by Crippen LogP contribution is 2.42. The van der Waals surface area contributed by atoms with Crippen molar-refractivity contribution < 1.29 is 27.8 Å². The van der Waals surface area contributed by atoms with Gasteiger partial charge in [-0.3, -0.25) is 0 Å². The first-order chi connectivity index (χ1) is 14.9. The monoisotopic (exact) mass is 425 g/mol. The normalized spacial score (nSPS) is 13.5. The molecule has 4 rings (SSSR count). The number of para-hydroxylation sites is 1. The zero-order valence-electron chi connectivity index (χ0n) is 16.4. The summed E-state index contributed by atoms with van der Waals surface area (Å²) in [5, 5.41) is 9.24. The van der Waals surface area contributed by atoms with Crippen molar-refractivity contribution in [2.24, 2.45) is 0 Å². The second-order valence-electron chi connectivity index (χ2n) is 7.18. The van der Waals surface area contributed by atoms with E-state index in [4.69, 9.17) is 4.74 Å². The molecule has 158 valence electrons. The average molecular weight is 425 g/mol. The summed E-state index contributed by atoms with van der Waals surface area (Å²) in [6.45, 7) is -0.138. The molecule has 0 amide bonds. The third-order valence-corrected chi connectivity index (χ3v) is 5.15. The summed E-state index contributed by atoms with van der Waals surface area (Å²) in [7, 11) is 0. The Morgan fingerprint density at radius 1 is 0.968 bits per heavy atom. The molecule has 7 heteroatoms. The Balaban J connectivity index is 1.67. The number of carboxylic acid groups (broad SMARTS) is 1. The zero-order valence-corrected chi connectivity index (χ0v) is 16.4. The van der Waals surface area contributed by atoms with Gasteiger partial charge in [0.25, 0.3) is 0 Å². The van der Waals surface area contributed by atoms with Crippen LogP contribution < -0.4 is 4.74 Å². The van der Waals surface area contributed by atoms with Crippen molar-refractivity contribution in [1.82, 2.24) is 4.98 Å². The number of aromatic nitrogens is 1. The lowest BCUT2D eigenvalue weighted by atomic mass is 9.99. The predicted octanol–water partition coefficient (Wildman–Crippen LogP) is 5.87. The van der Waals surface area contributed by atoms with Gasteiger partial charge >= 0.3 is 5.97 Å². The van der Waals surface area contributed by atoms with Crippen molar-refractivity contribution >= 4 is 17.1 Å². The first-order valence-electron chi connectivity index (χ1n) is 9.72. The topological polar surface area (TPSA) is 59.4 Å². The largest absolute Gasteiger partial charge is 0.488 e. The van der Waals surface area contributed by atoms with Crippen LogP contribution in [0.2, 0.25) is 0 Å². The van der Waals surface area contributed by atoms with Gasteiger partial charge in [0, 0.05) is 5.56 Å². The van der Waals surface area contributed by atoms with Crippen LogP contribution in [0, 0.1) is 17.5 Å². The quantitative estimate of drug-likeness (QED) is 0.502. The first kappa shape index (κ1) is 20.7. The van der Waals surface area contributed by atoms with Crippen LogP contribution in [-0.2, 0) is 6.61 Å². The predicted molar refractivity (Wildman–Crippen MR) is 109 cm³/mol. The molecule has 3 aromatic rings. The van der Waals surface area contributed by atoms with E-state index in [-0.39, 0.29) is 17.9 Å². The minimum absolute atomic E-state index is 0.0267. The Kier molecular flexibility index (Phi) is 5.75. The fourth-order valence-electron chi connectivity index (χ4n) is 3.74. The van der Waals surface area contributed by atoms with Crippen molar-refractivity contribution in [2.75, 3.05) is 0 Å². The Morgan fingerprint density at radius 3 is 2.42 bits per heavy atom. The highest BCUT2D eigenvalue weighted by molar-refractivity contribution is 5.94. The van der Waals surface area contributed by atoms with Crippen LogP contribution in [0.5, 0.6) is 5.75 Å². The summed E-state index contributed by atoms with van der Waals surface area (Å²) in [4.78, 5) is 15.6. The SMILES string of the molecule is O=C(O)c1cccc(C2=C(c3ccccc3OCc3cc(F)c(F)c(F)c3)CCC2)n1. The molecule has 1 aromatic heterocycles. The van der Waals surface area contributed by atoms with Gasteiger partial charge in [-0.25, -0.2) is 22.9 Å². The molecule has 0 aliphatic heterocycles. The minimum Gasteiger partial charge on any atom is -0.488 e. The number of aromatic carboxylic acids is 1. The lowest BCUT2D eigenvalue weighted by molar-refractivity contribution is 0.0690. The highest BCUT2D eigenvalue weighted by Gasteiger charge is 2.22. The second kappa shape index (κ2) is 8.63. The number of hydrogen-bond donors (Lipinski definition) is 1. The molecule has 0 bridgehead atoms. The molecule has 1 N–H and O–H groups in total. The number of carbonyl (C=O) groups is 1. The number of hydrogen-bond acceptors (Lipinski definition) is 3. The maximum Gasteiger partial charge on any atom is 0.354 e. The smallest absolute Gasteiger partial charge is 0.354 e. The van der Waals surface area contributed by atoms with Gasteiger partial charge in [-0.15, -0.1) is 0 Å². The molecule has 2 aromatic carbocycles. The van der Waals surface area contributed by atoms with Gasteiger partial charge < -0.3 is 9.84 Å². The van der Waals surface area contributed by atoms with E-state index in [2.05, 4.69) is 4.98 Å². The number of benzene rings is 2.